The number of hydrogen-bond donors (Lipinski definition) is 0. The summed E-state index contributed by atoms with van der Waals surface area (Å²) in [5, 5.41) is 9.67. The molecule has 1 aromatic heterocycles. The lowest BCUT2D eigenvalue weighted by atomic mass is 10.2. The Balaban J connectivity index is 1.43. The fourth-order valence-corrected chi connectivity index (χ4v) is 4.13. The van der Waals surface area contributed by atoms with Crippen LogP contribution in [-0.2, 0) is 5.75 Å². The quantitative estimate of drug-likeness (QED) is 0.645. The molecule has 2 aromatic rings. The van der Waals surface area contributed by atoms with Crippen LogP contribution < -0.4 is 9.64 Å². The molecule has 1 aliphatic heterocycles. The number of nitrogens with zero attached hydrogens (tertiary/aromatic N) is 4. The Kier molecular flexibility index (Phi) is 5.21. The van der Waals surface area contributed by atoms with Crippen LogP contribution in [-0.4, -0.2) is 40.6 Å². The van der Waals surface area contributed by atoms with Crippen molar-refractivity contribution < 1.29 is 17.9 Å². The van der Waals surface area contributed by atoms with E-state index in [0.29, 0.717) is 11.8 Å². The van der Waals surface area contributed by atoms with Gasteiger partial charge >= 0.3 is 6.18 Å². The monoisotopic (exact) mass is 398 g/mol. The molecule has 0 N–H and O–H groups in total. The highest BCUT2D eigenvalue weighted by Gasteiger charge is 2.32. The first kappa shape index (κ1) is 18.5. The number of anilines is 1. The lowest BCUT2D eigenvalue weighted by Gasteiger charge is -2.18. The molecule has 0 spiro atoms. The van der Waals surface area contributed by atoms with Crippen LogP contribution in [0.4, 0.5) is 19.1 Å². The zero-order valence-electron chi connectivity index (χ0n) is 14.8. The molecule has 146 valence electrons. The fraction of sp³-hybridized carbons (Fsp3) is 0.556. The summed E-state index contributed by atoms with van der Waals surface area (Å²) < 4.78 is 44.0. The molecular weight excluding hydrogens is 377 g/mol. The molecule has 0 atom stereocenters. The second kappa shape index (κ2) is 7.61. The molecule has 1 saturated heterocycles. The molecule has 0 unspecified atom stereocenters. The van der Waals surface area contributed by atoms with E-state index in [1.165, 1.54) is 18.9 Å². The van der Waals surface area contributed by atoms with E-state index in [2.05, 4.69) is 19.7 Å². The Morgan fingerprint density at radius 1 is 1.15 bits per heavy atom. The molecule has 0 bridgehead atoms. The second-order valence-corrected chi connectivity index (χ2v) is 7.86. The maximum absolute atomic E-state index is 12.3. The van der Waals surface area contributed by atoms with Crippen molar-refractivity contribution in [2.75, 3.05) is 24.6 Å². The van der Waals surface area contributed by atoms with E-state index in [1.54, 1.807) is 23.9 Å². The molecule has 2 aliphatic rings. The van der Waals surface area contributed by atoms with Crippen molar-refractivity contribution in [2.45, 2.75) is 48.8 Å². The van der Waals surface area contributed by atoms with Gasteiger partial charge in [0.15, 0.2) is 11.8 Å². The minimum atomic E-state index is -4.34. The van der Waals surface area contributed by atoms with Crippen molar-refractivity contribution in [3.8, 4) is 5.75 Å². The largest absolute Gasteiger partial charge is 0.484 e. The zero-order chi connectivity index (χ0) is 18.9. The van der Waals surface area contributed by atoms with Gasteiger partial charge in [-0.3, -0.25) is 4.57 Å². The lowest BCUT2D eigenvalue weighted by Crippen LogP contribution is -2.22. The van der Waals surface area contributed by atoms with Gasteiger partial charge in [-0.05, 0) is 43.4 Å². The van der Waals surface area contributed by atoms with Gasteiger partial charge in [-0.2, -0.15) is 13.2 Å². The zero-order valence-corrected chi connectivity index (χ0v) is 15.6. The van der Waals surface area contributed by atoms with Crippen molar-refractivity contribution >= 4 is 17.7 Å². The summed E-state index contributed by atoms with van der Waals surface area (Å²) in [6, 6.07) is 7.26. The van der Waals surface area contributed by atoms with Crippen LogP contribution in [0.25, 0.3) is 0 Å². The number of aromatic nitrogens is 3. The van der Waals surface area contributed by atoms with E-state index in [1.807, 2.05) is 6.07 Å². The molecule has 2 fully saturated rings. The van der Waals surface area contributed by atoms with Crippen LogP contribution >= 0.6 is 11.8 Å². The molecule has 1 aliphatic carbocycles. The number of rotatable bonds is 7. The van der Waals surface area contributed by atoms with Crippen molar-refractivity contribution in [3.05, 3.63) is 29.8 Å². The number of halogens is 3. The van der Waals surface area contributed by atoms with E-state index < -0.39 is 12.8 Å². The summed E-state index contributed by atoms with van der Waals surface area (Å²) in [5.74, 6) is 1.79. The average molecular weight is 398 g/mol. The van der Waals surface area contributed by atoms with Crippen LogP contribution in [0.5, 0.6) is 5.75 Å². The standard InChI is InChI=1S/C18H21F3N4OS/c19-18(20,21)12-26-15-5-3-4-13(10-15)11-27-17-23-22-16(24-8-1-2-9-24)25(17)14-6-7-14/h3-5,10,14H,1-2,6-9,11-12H2. The first-order chi connectivity index (χ1) is 13.0. The van der Waals surface area contributed by atoms with Crippen molar-refractivity contribution in [2.24, 2.45) is 0 Å². The average Bonchev–Trinajstić information content (AvgIpc) is 3.16. The van der Waals surface area contributed by atoms with Crippen molar-refractivity contribution in [3.63, 3.8) is 0 Å². The van der Waals surface area contributed by atoms with Crippen molar-refractivity contribution in [1.82, 2.24) is 14.8 Å². The van der Waals surface area contributed by atoms with E-state index in [9.17, 15) is 13.2 Å². The molecule has 1 aromatic carbocycles. The van der Waals surface area contributed by atoms with Gasteiger partial charge < -0.3 is 9.64 Å². The first-order valence-corrected chi connectivity index (χ1v) is 10.1. The van der Waals surface area contributed by atoms with Gasteiger partial charge in [-0.25, -0.2) is 0 Å². The Morgan fingerprint density at radius 3 is 2.63 bits per heavy atom. The third-order valence-electron chi connectivity index (χ3n) is 4.62. The van der Waals surface area contributed by atoms with Crippen LogP contribution in [0, 0.1) is 0 Å². The second-order valence-electron chi connectivity index (χ2n) is 6.92. The Morgan fingerprint density at radius 2 is 1.93 bits per heavy atom. The Labute approximate surface area is 159 Å². The fourth-order valence-electron chi connectivity index (χ4n) is 3.19. The summed E-state index contributed by atoms with van der Waals surface area (Å²) in [7, 11) is 0. The molecular formula is C18H21F3N4OS. The van der Waals surface area contributed by atoms with E-state index in [0.717, 1.165) is 42.6 Å². The molecule has 9 heteroatoms. The predicted molar refractivity (Wildman–Crippen MR) is 97.3 cm³/mol. The molecule has 0 radical (unpaired) electrons. The van der Waals surface area contributed by atoms with Crippen LogP contribution in [0.15, 0.2) is 29.4 Å². The summed E-state index contributed by atoms with van der Waals surface area (Å²) in [6.45, 7) is 0.765. The molecule has 5 nitrogen and oxygen atoms in total. The van der Waals surface area contributed by atoms with Crippen molar-refractivity contribution in [1.29, 1.82) is 0 Å². The highest BCUT2D eigenvalue weighted by Crippen LogP contribution is 2.42. The summed E-state index contributed by atoms with van der Waals surface area (Å²) in [4.78, 5) is 2.29. The molecule has 1 saturated carbocycles. The molecule has 4 rings (SSSR count). The highest BCUT2D eigenvalue weighted by molar-refractivity contribution is 7.98. The first-order valence-electron chi connectivity index (χ1n) is 9.11. The van der Waals surface area contributed by atoms with Gasteiger partial charge in [-0.15, -0.1) is 10.2 Å². The number of hydrogen-bond acceptors (Lipinski definition) is 5. The normalized spacial score (nSPS) is 17.5. The third kappa shape index (κ3) is 4.69. The molecule has 0 amide bonds. The van der Waals surface area contributed by atoms with Crippen LogP contribution in [0.1, 0.15) is 37.3 Å². The van der Waals surface area contributed by atoms with Gasteiger partial charge in [0.25, 0.3) is 0 Å². The summed E-state index contributed by atoms with van der Waals surface area (Å²) in [5.41, 5.74) is 0.896. The molecule has 2 heterocycles. The van der Waals surface area contributed by atoms with Gasteiger partial charge in [0.2, 0.25) is 5.95 Å². The lowest BCUT2D eigenvalue weighted by molar-refractivity contribution is -0.153. The smallest absolute Gasteiger partial charge is 0.422 e. The van der Waals surface area contributed by atoms with Gasteiger partial charge in [-0.1, -0.05) is 23.9 Å². The van der Waals surface area contributed by atoms with E-state index >= 15 is 0 Å². The minimum absolute atomic E-state index is 0.229. The number of ether oxygens (including phenoxy) is 1. The minimum Gasteiger partial charge on any atom is -0.484 e. The van der Waals surface area contributed by atoms with E-state index in [4.69, 9.17) is 4.74 Å². The number of benzene rings is 1. The summed E-state index contributed by atoms with van der Waals surface area (Å²) in [6.07, 6.45) is 0.327. The summed E-state index contributed by atoms with van der Waals surface area (Å²) >= 11 is 1.57. The Bertz CT molecular complexity index is 785. The van der Waals surface area contributed by atoms with Crippen LogP contribution in [0.3, 0.4) is 0 Å². The SMILES string of the molecule is FC(F)(F)COc1cccc(CSc2nnc(N3CCCC3)n2C2CC2)c1. The van der Waals surface area contributed by atoms with Gasteiger partial charge in [0.1, 0.15) is 5.75 Å². The van der Waals surface area contributed by atoms with Gasteiger partial charge in [0.05, 0.1) is 0 Å². The maximum atomic E-state index is 12.3. The maximum Gasteiger partial charge on any atom is 0.422 e. The predicted octanol–water partition coefficient (Wildman–Crippen LogP) is 4.45. The van der Waals surface area contributed by atoms with E-state index in [-0.39, 0.29) is 5.75 Å². The topological polar surface area (TPSA) is 43.2 Å². The number of alkyl halides is 3. The Hall–Kier alpha value is -1.90. The van der Waals surface area contributed by atoms with Gasteiger partial charge in [0, 0.05) is 24.9 Å². The van der Waals surface area contributed by atoms with Crippen LogP contribution in [0.2, 0.25) is 0 Å². The number of thioether (sulfide) groups is 1. The highest BCUT2D eigenvalue weighted by atomic mass is 32.2. The third-order valence-corrected chi connectivity index (χ3v) is 5.63. The molecule has 27 heavy (non-hydrogen) atoms.